The molecular weight excluding hydrogens is 194 g/mol. The van der Waals surface area contributed by atoms with Crippen LogP contribution < -0.4 is 5.32 Å². The number of carbonyl (C=O) groups is 1. The highest BCUT2D eigenvalue weighted by Crippen LogP contribution is 2.09. The molecule has 0 bridgehead atoms. The van der Waals surface area contributed by atoms with Gasteiger partial charge in [-0.15, -0.1) is 0 Å². The molecule has 0 aromatic heterocycles. The van der Waals surface area contributed by atoms with Crippen LogP contribution in [0.5, 0.6) is 0 Å². The number of hydrogen-bond acceptors (Lipinski definition) is 4. The average molecular weight is 209 g/mol. The van der Waals surface area contributed by atoms with Gasteiger partial charge in [0, 0.05) is 17.0 Å². The highest BCUT2D eigenvalue weighted by atomic mass is 32.1. The van der Waals surface area contributed by atoms with Crippen LogP contribution in [0.1, 0.15) is 13.8 Å². The van der Waals surface area contributed by atoms with E-state index in [4.69, 9.17) is 5.11 Å². The van der Waals surface area contributed by atoms with Gasteiger partial charge in [0.25, 0.3) is 0 Å². The summed E-state index contributed by atoms with van der Waals surface area (Å²) in [7, 11) is 0. The van der Waals surface area contributed by atoms with E-state index in [9.17, 15) is 4.79 Å². The van der Waals surface area contributed by atoms with E-state index in [1.807, 2.05) is 13.8 Å². The summed E-state index contributed by atoms with van der Waals surface area (Å²) in [5, 5.41) is 11.5. The second-order valence-electron chi connectivity index (χ2n) is 3.27. The monoisotopic (exact) mass is 209 g/mol. The smallest absolute Gasteiger partial charge is 0.321 e. The lowest BCUT2D eigenvalue weighted by Crippen LogP contribution is -2.43. The molecule has 0 saturated heterocycles. The minimum Gasteiger partial charge on any atom is -0.480 e. The Kier molecular flexibility index (Phi) is 5.04. The molecule has 0 aliphatic carbocycles. The molecular formula is C7H15NO2S2. The Balaban J connectivity index is 3.81. The molecule has 12 heavy (non-hydrogen) atoms. The van der Waals surface area contributed by atoms with Crippen molar-refractivity contribution in [1.29, 1.82) is 0 Å². The minimum atomic E-state index is -0.873. The number of aliphatic carboxylic acids is 1. The topological polar surface area (TPSA) is 49.3 Å². The van der Waals surface area contributed by atoms with Crippen LogP contribution in [0.2, 0.25) is 0 Å². The first kappa shape index (κ1) is 12.1. The molecule has 0 spiro atoms. The highest BCUT2D eigenvalue weighted by Gasteiger charge is 2.18. The van der Waals surface area contributed by atoms with Crippen molar-refractivity contribution in [3.63, 3.8) is 0 Å². The molecule has 0 unspecified atom stereocenters. The Labute approximate surface area is 83.7 Å². The van der Waals surface area contributed by atoms with Crippen molar-refractivity contribution >= 4 is 31.2 Å². The normalized spacial score (nSPS) is 14.3. The molecule has 2 N–H and O–H groups in total. The second-order valence-corrected chi connectivity index (χ2v) is 4.84. The summed E-state index contributed by atoms with van der Waals surface area (Å²) < 4.78 is -0.198. The Hall–Kier alpha value is 0.130. The lowest BCUT2D eigenvalue weighted by molar-refractivity contribution is -0.138. The summed E-state index contributed by atoms with van der Waals surface area (Å²) in [6, 6.07) is -0.584. The van der Waals surface area contributed by atoms with Crippen LogP contribution in [0.3, 0.4) is 0 Å². The van der Waals surface area contributed by atoms with Gasteiger partial charge < -0.3 is 10.4 Å². The molecule has 0 heterocycles. The fourth-order valence-electron chi connectivity index (χ4n) is 0.603. The zero-order chi connectivity index (χ0) is 9.78. The summed E-state index contributed by atoms with van der Waals surface area (Å²) in [6.45, 7) is 4.38. The Morgan fingerprint density at radius 1 is 1.67 bits per heavy atom. The van der Waals surface area contributed by atoms with E-state index >= 15 is 0 Å². The highest BCUT2D eigenvalue weighted by molar-refractivity contribution is 7.81. The molecule has 72 valence electrons. The number of thiol groups is 2. The molecule has 0 saturated carbocycles. The van der Waals surface area contributed by atoms with Gasteiger partial charge in [-0.3, -0.25) is 4.79 Å². The first-order chi connectivity index (χ1) is 5.37. The maximum atomic E-state index is 10.5. The Bertz CT molecular complexity index is 156. The molecule has 5 heteroatoms. The molecule has 0 radical (unpaired) electrons. The maximum absolute atomic E-state index is 10.5. The maximum Gasteiger partial charge on any atom is 0.321 e. The molecule has 0 aliphatic rings. The van der Waals surface area contributed by atoms with Crippen LogP contribution in [0.25, 0.3) is 0 Å². The third kappa shape index (κ3) is 5.74. The van der Waals surface area contributed by atoms with Gasteiger partial charge in [-0.05, 0) is 13.8 Å². The van der Waals surface area contributed by atoms with Crippen LogP contribution >= 0.6 is 25.3 Å². The van der Waals surface area contributed by atoms with Gasteiger partial charge >= 0.3 is 5.97 Å². The van der Waals surface area contributed by atoms with E-state index in [0.717, 1.165) is 0 Å². The quantitative estimate of drug-likeness (QED) is 0.503. The minimum absolute atomic E-state index is 0.198. The van der Waals surface area contributed by atoms with E-state index in [2.05, 4.69) is 30.6 Å². The zero-order valence-electron chi connectivity index (χ0n) is 7.24. The average Bonchev–Trinajstić information content (AvgIpc) is 1.85. The SMILES string of the molecule is CC(C)(S)CN[C@@H](CS)C(=O)O. The summed E-state index contributed by atoms with van der Waals surface area (Å²) >= 11 is 8.17. The van der Waals surface area contributed by atoms with Gasteiger partial charge in [-0.2, -0.15) is 25.3 Å². The van der Waals surface area contributed by atoms with Crippen molar-refractivity contribution in [1.82, 2.24) is 5.32 Å². The van der Waals surface area contributed by atoms with Gasteiger partial charge in [0.1, 0.15) is 6.04 Å². The van der Waals surface area contributed by atoms with Crippen molar-refractivity contribution in [2.75, 3.05) is 12.3 Å². The lowest BCUT2D eigenvalue weighted by Gasteiger charge is -2.20. The van der Waals surface area contributed by atoms with E-state index in [-0.39, 0.29) is 4.75 Å². The third-order valence-electron chi connectivity index (χ3n) is 1.26. The lowest BCUT2D eigenvalue weighted by atomic mass is 10.2. The van der Waals surface area contributed by atoms with E-state index in [1.165, 1.54) is 0 Å². The standard InChI is InChI=1S/C7H15NO2S2/c1-7(2,12)4-8-5(3-11)6(9)10/h5,8,11-12H,3-4H2,1-2H3,(H,9,10)/t5-/m0/s1. The van der Waals surface area contributed by atoms with Crippen molar-refractivity contribution in [3.8, 4) is 0 Å². The molecule has 0 fully saturated rings. The van der Waals surface area contributed by atoms with Crippen LogP contribution in [0.15, 0.2) is 0 Å². The molecule has 0 aromatic rings. The largest absolute Gasteiger partial charge is 0.480 e. The fraction of sp³-hybridized carbons (Fsp3) is 0.857. The first-order valence-electron chi connectivity index (χ1n) is 3.66. The molecule has 0 aromatic carbocycles. The van der Waals surface area contributed by atoms with E-state index in [1.54, 1.807) is 0 Å². The van der Waals surface area contributed by atoms with E-state index < -0.39 is 12.0 Å². The van der Waals surface area contributed by atoms with Crippen LogP contribution in [0.4, 0.5) is 0 Å². The molecule has 0 amide bonds. The second kappa shape index (κ2) is 4.99. The molecule has 1 atom stereocenters. The van der Waals surface area contributed by atoms with Crippen LogP contribution in [-0.2, 0) is 4.79 Å². The number of carboxylic acid groups (broad SMARTS) is 1. The van der Waals surface area contributed by atoms with Crippen LogP contribution in [0, 0.1) is 0 Å². The predicted molar refractivity (Wildman–Crippen MR) is 56.3 cm³/mol. The van der Waals surface area contributed by atoms with Crippen molar-refractivity contribution in [3.05, 3.63) is 0 Å². The number of nitrogens with one attached hydrogen (secondary N) is 1. The summed E-state index contributed by atoms with van der Waals surface area (Å²) in [6.07, 6.45) is 0. The Morgan fingerprint density at radius 2 is 2.17 bits per heavy atom. The predicted octanol–water partition coefficient (Wildman–Crippen LogP) is 0.667. The van der Waals surface area contributed by atoms with Crippen LogP contribution in [-0.4, -0.2) is 34.2 Å². The van der Waals surface area contributed by atoms with Crippen molar-refractivity contribution < 1.29 is 9.90 Å². The summed E-state index contributed by atoms with van der Waals surface area (Å²) in [5.41, 5.74) is 0. The van der Waals surface area contributed by atoms with Gasteiger partial charge in [0.2, 0.25) is 0 Å². The first-order valence-corrected chi connectivity index (χ1v) is 4.74. The summed E-state index contributed by atoms with van der Waals surface area (Å²) in [5.74, 6) is -0.582. The molecule has 0 aliphatic heterocycles. The molecule has 3 nitrogen and oxygen atoms in total. The van der Waals surface area contributed by atoms with Gasteiger partial charge in [0.05, 0.1) is 0 Å². The fourth-order valence-corrected chi connectivity index (χ4v) is 0.979. The van der Waals surface area contributed by atoms with Crippen molar-refractivity contribution in [2.24, 2.45) is 0 Å². The van der Waals surface area contributed by atoms with E-state index in [0.29, 0.717) is 12.3 Å². The number of carboxylic acids is 1. The number of rotatable bonds is 5. The van der Waals surface area contributed by atoms with Gasteiger partial charge in [-0.1, -0.05) is 0 Å². The van der Waals surface area contributed by atoms with Gasteiger partial charge in [-0.25, -0.2) is 0 Å². The third-order valence-corrected chi connectivity index (χ3v) is 1.79. The molecule has 0 rings (SSSR count). The van der Waals surface area contributed by atoms with Crippen molar-refractivity contribution in [2.45, 2.75) is 24.6 Å². The number of hydrogen-bond donors (Lipinski definition) is 4. The zero-order valence-corrected chi connectivity index (χ0v) is 9.03. The summed E-state index contributed by atoms with van der Waals surface area (Å²) in [4.78, 5) is 10.5. The van der Waals surface area contributed by atoms with Gasteiger partial charge in [0.15, 0.2) is 0 Å². The Morgan fingerprint density at radius 3 is 2.42 bits per heavy atom.